The highest BCUT2D eigenvalue weighted by Gasteiger charge is 2.31. The Morgan fingerprint density at radius 2 is 1.91 bits per heavy atom. The molecule has 0 aliphatic rings. The molecule has 0 unspecified atom stereocenters. The number of hydrogen-bond acceptors (Lipinski definition) is 2. The van der Waals surface area contributed by atoms with Gasteiger partial charge in [-0.15, -0.1) is 0 Å². The van der Waals surface area contributed by atoms with Gasteiger partial charge < -0.3 is 5.11 Å². The van der Waals surface area contributed by atoms with Crippen molar-refractivity contribution in [2.24, 2.45) is 0 Å². The second kappa shape index (κ2) is 5.27. The summed E-state index contributed by atoms with van der Waals surface area (Å²) in [6.45, 7) is 0. The van der Waals surface area contributed by atoms with Crippen LogP contribution in [-0.4, -0.2) is 20.8 Å². The molecule has 0 bridgehead atoms. The van der Waals surface area contributed by atoms with Gasteiger partial charge in [0, 0.05) is 5.39 Å². The van der Waals surface area contributed by atoms with Crippen LogP contribution in [0, 0.1) is 0 Å². The van der Waals surface area contributed by atoms with Gasteiger partial charge in [-0.1, -0.05) is 23.7 Å². The Kier molecular flexibility index (Phi) is 3.52. The summed E-state index contributed by atoms with van der Waals surface area (Å²) in [7, 11) is 0. The topological polar surface area (TPSA) is 55.1 Å². The van der Waals surface area contributed by atoms with E-state index in [0.29, 0.717) is 5.39 Å². The normalized spacial score (nSPS) is 11.8. The SMILES string of the molecule is O=C(O)n1c(-c2cccc(C(F)(F)F)c2)cc2ccc(Cl)nc21. The standard InChI is InChI=1S/C15H8ClF3N2O2/c16-12-5-4-9-7-11(21(14(22)23)13(9)20-12)8-2-1-3-10(6-8)15(17,18)19/h1-7H,(H,22,23). The van der Waals surface area contributed by atoms with E-state index >= 15 is 0 Å². The summed E-state index contributed by atoms with van der Waals surface area (Å²) >= 11 is 5.77. The highest BCUT2D eigenvalue weighted by Crippen LogP contribution is 2.34. The molecule has 1 N–H and O–H groups in total. The summed E-state index contributed by atoms with van der Waals surface area (Å²) in [6, 6.07) is 8.95. The number of rotatable bonds is 1. The monoisotopic (exact) mass is 340 g/mol. The fourth-order valence-electron chi connectivity index (χ4n) is 2.31. The van der Waals surface area contributed by atoms with Crippen LogP contribution in [0.2, 0.25) is 5.15 Å². The minimum absolute atomic E-state index is 0.0670. The van der Waals surface area contributed by atoms with Crippen LogP contribution in [0.1, 0.15) is 5.56 Å². The molecule has 3 rings (SSSR count). The molecule has 4 nitrogen and oxygen atoms in total. The van der Waals surface area contributed by atoms with Crippen molar-refractivity contribution in [3.05, 3.63) is 53.2 Å². The number of benzene rings is 1. The average Bonchev–Trinajstić information content (AvgIpc) is 2.85. The molecule has 0 fully saturated rings. The number of carbonyl (C=O) groups is 1. The van der Waals surface area contributed by atoms with Gasteiger partial charge in [-0.25, -0.2) is 14.3 Å². The van der Waals surface area contributed by atoms with E-state index < -0.39 is 17.8 Å². The summed E-state index contributed by atoms with van der Waals surface area (Å²) < 4.78 is 39.4. The zero-order valence-electron chi connectivity index (χ0n) is 11.3. The van der Waals surface area contributed by atoms with Crippen LogP contribution in [-0.2, 0) is 6.18 Å². The molecule has 0 saturated heterocycles. The molecule has 0 aliphatic carbocycles. The Hall–Kier alpha value is -2.54. The number of aromatic nitrogens is 2. The first-order valence-corrected chi connectivity index (χ1v) is 6.74. The number of hydrogen-bond donors (Lipinski definition) is 1. The average molecular weight is 341 g/mol. The maximum Gasteiger partial charge on any atom is 0.417 e. The third kappa shape index (κ3) is 2.75. The molecule has 0 radical (unpaired) electrons. The van der Waals surface area contributed by atoms with Gasteiger partial charge in [0.25, 0.3) is 0 Å². The Labute approximate surface area is 132 Å². The zero-order chi connectivity index (χ0) is 16.8. The maximum atomic E-state index is 12.8. The second-order valence-electron chi connectivity index (χ2n) is 4.77. The van der Waals surface area contributed by atoms with E-state index in [-0.39, 0.29) is 22.1 Å². The summed E-state index contributed by atoms with van der Waals surface area (Å²) in [5.41, 5.74) is -0.578. The molecule has 2 heterocycles. The predicted molar refractivity (Wildman–Crippen MR) is 78.6 cm³/mol. The first-order valence-electron chi connectivity index (χ1n) is 6.36. The van der Waals surface area contributed by atoms with E-state index in [1.54, 1.807) is 6.07 Å². The van der Waals surface area contributed by atoms with Crippen molar-refractivity contribution in [2.75, 3.05) is 0 Å². The first-order chi connectivity index (χ1) is 10.8. The van der Waals surface area contributed by atoms with Crippen LogP contribution in [0.4, 0.5) is 18.0 Å². The molecule has 0 amide bonds. The molecule has 23 heavy (non-hydrogen) atoms. The molecule has 118 valence electrons. The Morgan fingerprint density at radius 3 is 2.57 bits per heavy atom. The lowest BCUT2D eigenvalue weighted by Gasteiger charge is -2.09. The van der Waals surface area contributed by atoms with Crippen LogP contribution in [0.3, 0.4) is 0 Å². The fourth-order valence-corrected chi connectivity index (χ4v) is 2.46. The molecule has 8 heteroatoms. The van der Waals surface area contributed by atoms with Crippen molar-refractivity contribution >= 4 is 28.7 Å². The lowest BCUT2D eigenvalue weighted by molar-refractivity contribution is -0.137. The number of fused-ring (bicyclic) bond motifs is 1. The van der Waals surface area contributed by atoms with Gasteiger partial charge in [0.05, 0.1) is 11.3 Å². The third-order valence-corrected chi connectivity index (χ3v) is 3.50. The molecular formula is C15H8ClF3N2O2. The third-order valence-electron chi connectivity index (χ3n) is 3.29. The van der Waals surface area contributed by atoms with Crippen LogP contribution < -0.4 is 0 Å². The Bertz CT molecular complexity index is 919. The summed E-state index contributed by atoms with van der Waals surface area (Å²) in [6.07, 6.45) is -5.88. The summed E-state index contributed by atoms with van der Waals surface area (Å²) in [5, 5.41) is 9.95. The molecule has 1 aromatic carbocycles. The van der Waals surface area contributed by atoms with Crippen molar-refractivity contribution < 1.29 is 23.1 Å². The number of alkyl halides is 3. The van der Waals surface area contributed by atoms with E-state index in [1.807, 2.05) is 0 Å². The number of carboxylic acid groups (broad SMARTS) is 1. The zero-order valence-corrected chi connectivity index (χ0v) is 12.1. The van der Waals surface area contributed by atoms with Crippen molar-refractivity contribution in [3.63, 3.8) is 0 Å². The minimum Gasteiger partial charge on any atom is -0.464 e. The van der Waals surface area contributed by atoms with Crippen molar-refractivity contribution in [1.29, 1.82) is 0 Å². The highest BCUT2D eigenvalue weighted by molar-refractivity contribution is 6.29. The largest absolute Gasteiger partial charge is 0.464 e. The van der Waals surface area contributed by atoms with E-state index in [0.717, 1.165) is 16.7 Å². The first kappa shape index (κ1) is 15.4. The second-order valence-corrected chi connectivity index (χ2v) is 5.16. The molecule has 3 aromatic rings. The van der Waals surface area contributed by atoms with Gasteiger partial charge in [0.15, 0.2) is 5.65 Å². The predicted octanol–water partition coefficient (Wildman–Crippen LogP) is 4.90. The quantitative estimate of drug-likeness (QED) is 0.641. The van der Waals surface area contributed by atoms with Gasteiger partial charge in [0.1, 0.15) is 5.15 Å². The Balaban J connectivity index is 2.28. The van der Waals surface area contributed by atoms with Crippen molar-refractivity contribution in [1.82, 2.24) is 9.55 Å². The van der Waals surface area contributed by atoms with Crippen LogP contribution in [0.15, 0.2) is 42.5 Å². The number of halogens is 4. The van der Waals surface area contributed by atoms with Crippen LogP contribution >= 0.6 is 11.6 Å². The molecule has 0 spiro atoms. The Morgan fingerprint density at radius 1 is 1.17 bits per heavy atom. The summed E-state index contributed by atoms with van der Waals surface area (Å²) in [5.74, 6) is 0. The van der Waals surface area contributed by atoms with E-state index in [2.05, 4.69) is 4.98 Å². The van der Waals surface area contributed by atoms with Crippen molar-refractivity contribution in [3.8, 4) is 11.3 Å². The molecule has 0 aliphatic heterocycles. The van der Waals surface area contributed by atoms with E-state index in [9.17, 15) is 23.1 Å². The van der Waals surface area contributed by atoms with E-state index in [4.69, 9.17) is 11.6 Å². The number of nitrogens with zero attached hydrogens (tertiary/aromatic N) is 2. The van der Waals surface area contributed by atoms with Gasteiger partial charge in [0.2, 0.25) is 0 Å². The van der Waals surface area contributed by atoms with Crippen LogP contribution in [0.5, 0.6) is 0 Å². The molecular weight excluding hydrogens is 333 g/mol. The molecule has 0 atom stereocenters. The molecule has 2 aromatic heterocycles. The number of pyridine rings is 1. The molecule has 0 saturated carbocycles. The fraction of sp³-hybridized carbons (Fsp3) is 0.0667. The smallest absolute Gasteiger partial charge is 0.417 e. The summed E-state index contributed by atoms with van der Waals surface area (Å²) in [4.78, 5) is 15.5. The van der Waals surface area contributed by atoms with Gasteiger partial charge >= 0.3 is 12.3 Å². The minimum atomic E-state index is -4.52. The van der Waals surface area contributed by atoms with Gasteiger partial charge in [-0.2, -0.15) is 13.2 Å². The van der Waals surface area contributed by atoms with Gasteiger partial charge in [-0.3, -0.25) is 0 Å². The van der Waals surface area contributed by atoms with Crippen molar-refractivity contribution in [2.45, 2.75) is 6.18 Å². The lowest BCUT2D eigenvalue weighted by atomic mass is 10.1. The lowest BCUT2D eigenvalue weighted by Crippen LogP contribution is -2.10. The van der Waals surface area contributed by atoms with E-state index in [1.165, 1.54) is 24.3 Å². The maximum absolute atomic E-state index is 12.8. The highest BCUT2D eigenvalue weighted by atomic mass is 35.5. The van der Waals surface area contributed by atoms with Gasteiger partial charge in [-0.05, 0) is 35.9 Å². The van der Waals surface area contributed by atoms with Crippen LogP contribution in [0.25, 0.3) is 22.3 Å².